The monoisotopic (exact) mass is 1220 g/mol. The smallest absolute Gasteiger partial charge is 0.422 e. The summed E-state index contributed by atoms with van der Waals surface area (Å²) in [6.45, 7) is 6.48. The van der Waals surface area contributed by atoms with Crippen molar-refractivity contribution in [3.63, 3.8) is 0 Å². The van der Waals surface area contributed by atoms with E-state index >= 15 is 0 Å². The fourth-order valence-electron chi connectivity index (χ4n) is 9.84. The van der Waals surface area contributed by atoms with E-state index in [9.17, 15) is 35.9 Å². The van der Waals surface area contributed by atoms with Crippen molar-refractivity contribution in [1.29, 1.82) is 0 Å². The van der Waals surface area contributed by atoms with Gasteiger partial charge in [0, 0.05) is 91.6 Å². The molecule has 27 heteroatoms. The Hall–Kier alpha value is -7.78. The zero-order valence-electron chi connectivity index (χ0n) is 45.1. The van der Waals surface area contributed by atoms with Crippen LogP contribution in [0.4, 0.5) is 61.5 Å². The van der Waals surface area contributed by atoms with Crippen LogP contribution in [0.25, 0.3) is 0 Å². The highest BCUT2D eigenvalue weighted by molar-refractivity contribution is 9.09. The predicted molar refractivity (Wildman–Crippen MR) is 298 cm³/mol. The maximum absolute atomic E-state index is 13.1. The van der Waals surface area contributed by atoms with Gasteiger partial charge in [-0.15, -0.1) is 0 Å². The SMILES string of the molecule is C[C@@H](CBr)COc1ccc(CNc2nc(Nc3ccc(C(=O)N4CC5C(N)C5C4)cc3)nc(OCC(F)(F)F)n2)cc1.C[C@H]1CNC2C3CN(CC32)C(=O)c2ccc(cc2)Nc2nc(nc(OCC(F)(F)F)n2)NCc2ccc(cc2)OC1. The first-order chi connectivity index (χ1) is 39.8. The summed E-state index contributed by atoms with van der Waals surface area (Å²) in [6.07, 6.45) is -9.11. The van der Waals surface area contributed by atoms with Gasteiger partial charge in [-0.2, -0.15) is 56.2 Å². The molecule has 9 aliphatic rings. The lowest BCUT2D eigenvalue weighted by atomic mass is 10.1. The Morgan fingerprint density at radius 2 is 1.41 bits per heavy atom. The van der Waals surface area contributed by atoms with Crippen LogP contribution in [0.3, 0.4) is 0 Å². The molecule has 0 spiro atoms. The summed E-state index contributed by atoms with van der Waals surface area (Å²) in [6, 6.07) is 28.1. The summed E-state index contributed by atoms with van der Waals surface area (Å²) in [5.74, 6) is 3.78. The third-order valence-corrected chi connectivity index (χ3v) is 15.7. The van der Waals surface area contributed by atoms with Crippen LogP contribution in [0.5, 0.6) is 23.5 Å². The molecule has 4 fully saturated rings. The number of halogens is 7. The molecule has 2 saturated heterocycles. The van der Waals surface area contributed by atoms with Crippen LogP contribution in [0, 0.1) is 35.5 Å². The Morgan fingerprint density at radius 1 is 0.771 bits per heavy atom. The van der Waals surface area contributed by atoms with Crippen molar-refractivity contribution in [2.24, 2.45) is 41.2 Å². The standard InChI is InChI=1S/C28H31BrF3N7O3.C28H30F3N7O3/c1-16(10-29)14-41-20-8-2-17(3-9-20)11-34-25-36-26(38-27(37-25)42-15-28(30,31)32)35-19-6-4-18(5-7-19)24(40)39-12-21-22(13-39)23(21)33;1-16-10-32-23-21-12-38(13-22(21)23)24(39)18-4-6-19(7-5-18)34-26-35-25(36-27(37-26)41-15-28(29,30)31)33-11-17-2-8-20(9-3-17)40-14-16/h2-9,16,21-23H,10-15,33H2,1H3,(H2,34,35,36,37,38);2-9,16,21-23,32H,10-15H2,1H3,(H2,33,34,35,36,37)/t2*16-,21?,22?,23?/m00/s1. The number of benzene rings is 4. The van der Waals surface area contributed by atoms with Gasteiger partial charge in [-0.25, -0.2) is 0 Å². The number of hydrogen-bond donors (Lipinski definition) is 6. The first-order valence-corrected chi connectivity index (χ1v) is 28.1. The number of aromatic nitrogens is 6. The van der Waals surface area contributed by atoms with Crippen molar-refractivity contribution < 1.29 is 54.9 Å². The van der Waals surface area contributed by atoms with E-state index < -0.39 is 37.6 Å². The van der Waals surface area contributed by atoms with E-state index in [4.69, 9.17) is 24.7 Å². The fraction of sp³-hybridized carbons (Fsp3) is 0.429. The number of rotatable bonds is 14. The number of carbonyl (C=O) groups is 2. The zero-order valence-corrected chi connectivity index (χ0v) is 46.7. The van der Waals surface area contributed by atoms with Crippen LogP contribution < -0.4 is 51.3 Å². The van der Waals surface area contributed by atoms with Crippen molar-refractivity contribution >= 4 is 62.9 Å². The van der Waals surface area contributed by atoms with Crippen molar-refractivity contribution in [3.8, 4) is 23.5 Å². The third-order valence-electron chi connectivity index (χ3n) is 14.5. The molecule has 7 N–H and O–H groups in total. The molecule has 440 valence electrons. The highest BCUT2D eigenvalue weighted by Gasteiger charge is 2.57. The molecular weight excluding hydrogens is 1160 g/mol. The van der Waals surface area contributed by atoms with Gasteiger partial charge in [-0.05, 0) is 114 Å². The Balaban J connectivity index is 0.000000185. The Labute approximate surface area is 482 Å². The van der Waals surface area contributed by atoms with E-state index in [1.54, 1.807) is 53.4 Å². The summed E-state index contributed by atoms with van der Waals surface area (Å²) in [5, 5.41) is 16.4. The number of nitrogens with zero attached hydrogens (tertiary/aromatic N) is 8. The number of nitrogens with one attached hydrogen (secondary N) is 5. The maximum atomic E-state index is 13.1. The summed E-state index contributed by atoms with van der Waals surface area (Å²) >= 11 is 3.42. The fourth-order valence-corrected chi connectivity index (χ4v) is 10.0. The summed E-state index contributed by atoms with van der Waals surface area (Å²) in [7, 11) is 0. The van der Waals surface area contributed by atoms with Gasteiger partial charge >= 0.3 is 24.4 Å². The molecule has 2 amide bonds. The Kier molecular flexibility index (Phi) is 17.9. The normalized spacial score (nSPS) is 22.1. The number of amides is 2. The number of piperidine rings is 2. The molecule has 6 aromatic rings. The molecule has 2 saturated carbocycles. The van der Waals surface area contributed by atoms with Crippen molar-refractivity contribution in [2.45, 2.75) is 51.4 Å². The second kappa shape index (κ2) is 25.4. The first kappa shape index (κ1) is 58.4. The molecule has 9 heterocycles. The molecule has 6 atom stereocenters. The minimum Gasteiger partial charge on any atom is -0.493 e. The van der Waals surface area contributed by atoms with Crippen LogP contribution in [0.15, 0.2) is 97.1 Å². The minimum absolute atomic E-state index is 0.00996. The quantitative estimate of drug-likeness (QED) is 0.0443. The topological polar surface area (TPSA) is 241 Å². The number of fused-ring (bicyclic) bond motifs is 1. The lowest BCUT2D eigenvalue weighted by Crippen LogP contribution is -2.37. The molecule has 20 nitrogen and oxygen atoms in total. The van der Waals surface area contributed by atoms with Crippen molar-refractivity contribution in [3.05, 3.63) is 119 Å². The van der Waals surface area contributed by atoms with Gasteiger partial charge < -0.3 is 61.1 Å². The molecule has 2 aromatic heterocycles. The average Bonchev–Trinajstić information content (AvgIpc) is 3.99. The number of hydrogen-bond acceptors (Lipinski definition) is 18. The minimum atomic E-state index is -4.56. The van der Waals surface area contributed by atoms with Crippen LogP contribution in [0.2, 0.25) is 0 Å². The Morgan fingerprint density at radius 3 is 2.06 bits per heavy atom. The van der Waals surface area contributed by atoms with Gasteiger partial charge in [0.1, 0.15) is 11.5 Å². The van der Waals surface area contributed by atoms with Gasteiger partial charge in [0.2, 0.25) is 23.8 Å². The lowest BCUT2D eigenvalue weighted by Gasteiger charge is -2.21. The summed E-state index contributed by atoms with van der Waals surface area (Å²) in [4.78, 5) is 54.1. The number of anilines is 6. The number of ether oxygens (including phenoxy) is 4. The molecule has 10 bridgehead atoms. The van der Waals surface area contributed by atoms with Crippen LogP contribution in [0.1, 0.15) is 45.7 Å². The summed E-state index contributed by atoms with van der Waals surface area (Å²) in [5.41, 5.74) is 9.89. The van der Waals surface area contributed by atoms with E-state index in [2.05, 4.69) is 86.3 Å². The van der Waals surface area contributed by atoms with Gasteiger partial charge in [0.15, 0.2) is 13.2 Å². The number of nitrogens with two attached hydrogens (primary N) is 1. The second-order valence-corrected chi connectivity index (χ2v) is 22.0. The average molecular weight is 1220 g/mol. The van der Waals surface area contributed by atoms with Crippen LogP contribution >= 0.6 is 15.9 Å². The molecule has 2 aliphatic carbocycles. The largest absolute Gasteiger partial charge is 0.493 e. The third kappa shape index (κ3) is 16.1. The number of alkyl halides is 7. The zero-order chi connectivity index (χ0) is 58.4. The van der Waals surface area contributed by atoms with Gasteiger partial charge in [0.05, 0.1) is 13.2 Å². The molecule has 0 radical (unpaired) electrons. The Bertz CT molecular complexity index is 3170. The molecule has 15 rings (SSSR count). The van der Waals surface area contributed by atoms with E-state index in [1.807, 2.05) is 53.4 Å². The van der Waals surface area contributed by atoms with E-state index in [1.165, 1.54) is 0 Å². The predicted octanol–water partition coefficient (Wildman–Crippen LogP) is 8.46. The van der Waals surface area contributed by atoms with E-state index in [0.717, 1.165) is 47.6 Å². The highest BCUT2D eigenvalue weighted by atomic mass is 79.9. The summed E-state index contributed by atoms with van der Waals surface area (Å²) < 4.78 is 98.0. The van der Waals surface area contributed by atoms with Gasteiger partial charge in [-0.1, -0.05) is 54.0 Å². The van der Waals surface area contributed by atoms with E-state index in [0.29, 0.717) is 103 Å². The highest BCUT2D eigenvalue weighted by Crippen LogP contribution is 2.46. The molecule has 4 aromatic carbocycles. The molecule has 4 unspecified atom stereocenters. The van der Waals surface area contributed by atoms with Crippen LogP contribution in [-0.4, -0.2) is 140 Å². The van der Waals surface area contributed by atoms with Gasteiger partial charge in [0.25, 0.3) is 11.8 Å². The second-order valence-electron chi connectivity index (χ2n) is 21.3. The maximum Gasteiger partial charge on any atom is 0.422 e. The van der Waals surface area contributed by atoms with Gasteiger partial charge in [-0.3, -0.25) is 9.59 Å². The number of likely N-dealkylation sites (tertiary alicyclic amines) is 1. The molecular formula is C56H61BrF6N14O6. The number of carbonyl (C=O) groups excluding carboxylic acids is 2. The molecule has 83 heavy (non-hydrogen) atoms. The first-order valence-electron chi connectivity index (χ1n) is 27.0. The van der Waals surface area contributed by atoms with E-state index in [-0.39, 0.29) is 41.6 Å². The van der Waals surface area contributed by atoms with Crippen LogP contribution in [-0.2, 0) is 13.1 Å². The van der Waals surface area contributed by atoms with Crippen molar-refractivity contribution in [1.82, 2.24) is 45.0 Å². The van der Waals surface area contributed by atoms with Crippen molar-refractivity contribution in [2.75, 3.05) is 85.7 Å². The lowest BCUT2D eigenvalue weighted by molar-refractivity contribution is -0.155. The molecule has 7 aliphatic heterocycles.